The lowest BCUT2D eigenvalue weighted by Crippen LogP contribution is -2.45. The Morgan fingerprint density at radius 3 is 1.20 bits per heavy atom. The number of ether oxygens (including phenoxy) is 1. The molecule has 0 bridgehead atoms. The third-order valence-corrected chi connectivity index (χ3v) is 12.3. The van der Waals surface area contributed by atoms with Crippen LogP contribution in [-0.4, -0.2) is 47.4 Å². The van der Waals surface area contributed by atoms with Crippen LogP contribution in [0.5, 0.6) is 0 Å². The Kier molecular flexibility index (Phi) is 48.1. The van der Waals surface area contributed by atoms with E-state index in [4.69, 9.17) is 4.74 Å². The molecule has 0 aromatic rings. The highest BCUT2D eigenvalue weighted by molar-refractivity contribution is 5.76. The lowest BCUT2D eigenvalue weighted by atomic mass is 10.0. The molecule has 2 unspecified atom stereocenters. The molecule has 0 aliphatic heterocycles. The summed E-state index contributed by atoms with van der Waals surface area (Å²) in [6, 6.07) is -0.554. The molecule has 0 fully saturated rings. The predicted octanol–water partition coefficient (Wildman–Crippen LogP) is 15.7. The quantitative estimate of drug-likeness (QED) is 0.0322. The van der Waals surface area contributed by atoms with Crippen molar-refractivity contribution in [3.8, 4) is 0 Å². The molecule has 0 aromatic carbocycles. The topological polar surface area (TPSA) is 95.9 Å². The summed E-state index contributed by atoms with van der Waals surface area (Å²) in [5.74, 6) is -0.0695. The smallest absolute Gasteiger partial charge is 0.305 e. The Morgan fingerprint density at radius 2 is 0.797 bits per heavy atom. The van der Waals surface area contributed by atoms with Crippen molar-refractivity contribution in [2.75, 3.05) is 13.2 Å². The van der Waals surface area contributed by atoms with Gasteiger partial charge in [0.25, 0.3) is 0 Å². The molecule has 0 heterocycles. The number of carbonyl (C=O) groups excluding carboxylic acids is 2. The van der Waals surface area contributed by atoms with Crippen LogP contribution in [0.3, 0.4) is 0 Å². The number of aliphatic hydroxyl groups is 2. The van der Waals surface area contributed by atoms with E-state index in [1.165, 1.54) is 199 Å². The standard InChI is InChI=1S/C53H103NO5/c1-3-5-7-9-11-13-15-17-19-20-21-23-27-31-35-39-43-47-53(58)59-48-44-40-36-32-28-24-26-30-34-38-42-46-52(57)54-50(49-55)51(56)45-41-37-33-29-25-22-18-16-14-12-10-8-6-4-2/h17,19,50-51,55-56H,3-16,18,20-49H2,1-2H3,(H,54,57)/b19-17-. The molecule has 350 valence electrons. The first kappa shape index (κ1) is 57.6. The predicted molar refractivity (Wildman–Crippen MR) is 255 cm³/mol. The molecule has 6 heteroatoms. The Hall–Kier alpha value is -1.40. The highest BCUT2D eigenvalue weighted by Crippen LogP contribution is 2.16. The van der Waals surface area contributed by atoms with E-state index in [1.54, 1.807) is 0 Å². The van der Waals surface area contributed by atoms with Gasteiger partial charge in [0, 0.05) is 12.8 Å². The first-order chi connectivity index (χ1) is 29.0. The maximum Gasteiger partial charge on any atom is 0.305 e. The third-order valence-electron chi connectivity index (χ3n) is 12.3. The highest BCUT2D eigenvalue weighted by atomic mass is 16.5. The Labute approximate surface area is 368 Å². The molecule has 1 amide bonds. The van der Waals surface area contributed by atoms with Gasteiger partial charge < -0.3 is 20.3 Å². The van der Waals surface area contributed by atoms with Crippen LogP contribution in [0.25, 0.3) is 0 Å². The minimum absolute atomic E-state index is 0.0166. The number of amides is 1. The van der Waals surface area contributed by atoms with Crippen molar-refractivity contribution in [3.63, 3.8) is 0 Å². The van der Waals surface area contributed by atoms with Crippen molar-refractivity contribution < 1.29 is 24.5 Å². The van der Waals surface area contributed by atoms with Crippen LogP contribution in [0.15, 0.2) is 12.2 Å². The maximum atomic E-state index is 12.4. The van der Waals surface area contributed by atoms with E-state index in [0.717, 1.165) is 57.8 Å². The first-order valence-electron chi connectivity index (χ1n) is 26.4. The minimum Gasteiger partial charge on any atom is -0.466 e. The second kappa shape index (κ2) is 49.3. The number of hydrogen-bond acceptors (Lipinski definition) is 5. The summed E-state index contributed by atoms with van der Waals surface area (Å²) in [5.41, 5.74) is 0. The fourth-order valence-electron chi connectivity index (χ4n) is 8.22. The van der Waals surface area contributed by atoms with Crippen molar-refractivity contribution in [1.82, 2.24) is 5.32 Å². The molecular formula is C53H103NO5. The Bertz CT molecular complexity index is 878. The fraction of sp³-hybridized carbons (Fsp3) is 0.925. The van der Waals surface area contributed by atoms with Gasteiger partial charge in [0.1, 0.15) is 0 Å². The largest absolute Gasteiger partial charge is 0.466 e. The number of hydrogen-bond donors (Lipinski definition) is 3. The summed E-state index contributed by atoms with van der Waals surface area (Å²) in [6.45, 7) is 4.91. The van der Waals surface area contributed by atoms with Crippen molar-refractivity contribution >= 4 is 11.9 Å². The molecule has 3 N–H and O–H groups in total. The molecule has 6 nitrogen and oxygen atoms in total. The zero-order valence-corrected chi connectivity index (χ0v) is 39.7. The number of esters is 1. The van der Waals surface area contributed by atoms with Gasteiger partial charge in [0.15, 0.2) is 0 Å². The van der Waals surface area contributed by atoms with Crippen molar-refractivity contribution in [3.05, 3.63) is 12.2 Å². The summed E-state index contributed by atoms with van der Waals surface area (Å²) < 4.78 is 5.47. The van der Waals surface area contributed by atoms with Crippen molar-refractivity contribution in [2.45, 2.75) is 302 Å². The van der Waals surface area contributed by atoms with Gasteiger partial charge in [-0.15, -0.1) is 0 Å². The van der Waals surface area contributed by atoms with Gasteiger partial charge in [-0.05, 0) is 51.4 Å². The average molecular weight is 834 g/mol. The summed E-state index contributed by atoms with van der Waals surface area (Å²) >= 11 is 0. The van der Waals surface area contributed by atoms with E-state index >= 15 is 0 Å². The van der Waals surface area contributed by atoms with Gasteiger partial charge in [-0.2, -0.15) is 0 Å². The molecule has 0 radical (unpaired) electrons. The SMILES string of the molecule is CCCCCCCC/C=C\CCCCCCCCCC(=O)OCCCCCCCCCCCCCC(=O)NC(CO)C(O)CCCCCCCCCCCCCCCC. The van der Waals surface area contributed by atoms with Gasteiger partial charge in [-0.3, -0.25) is 9.59 Å². The van der Waals surface area contributed by atoms with Gasteiger partial charge in [0.05, 0.1) is 25.4 Å². The minimum atomic E-state index is -0.675. The van der Waals surface area contributed by atoms with Gasteiger partial charge in [0.2, 0.25) is 5.91 Å². The molecular weight excluding hydrogens is 731 g/mol. The number of carbonyl (C=O) groups is 2. The first-order valence-corrected chi connectivity index (χ1v) is 26.4. The van der Waals surface area contributed by atoms with E-state index in [2.05, 4.69) is 31.3 Å². The van der Waals surface area contributed by atoms with Crippen LogP contribution in [0.1, 0.15) is 290 Å². The Balaban J connectivity index is 3.45. The van der Waals surface area contributed by atoms with Gasteiger partial charge in [-0.25, -0.2) is 0 Å². The average Bonchev–Trinajstić information content (AvgIpc) is 3.24. The van der Waals surface area contributed by atoms with Crippen LogP contribution in [0, 0.1) is 0 Å². The maximum absolute atomic E-state index is 12.4. The summed E-state index contributed by atoms with van der Waals surface area (Å²) in [4.78, 5) is 24.5. The molecule has 0 saturated heterocycles. The highest BCUT2D eigenvalue weighted by Gasteiger charge is 2.20. The van der Waals surface area contributed by atoms with Crippen molar-refractivity contribution in [2.24, 2.45) is 0 Å². The molecule has 0 spiro atoms. The van der Waals surface area contributed by atoms with Crippen LogP contribution in [-0.2, 0) is 14.3 Å². The molecule has 0 rings (SSSR count). The zero-order chi connectivity index (χ0) is 43.0. The number of rotatable bonds is 49. The molecule has 2 atom stereocenters. The Morgan fingerprint density at radius 1 is 0.458 bits per heavy atom. The third kappa shape index (κ3) is 45.9. The molecule has 59 heavy (non-hydrogen) atoms. The van der Waals surface area contributed by atoms with Crippen molar-refractivity contribution in [1.29, 1.82) is 0 Å². The van der Waals surface area contributed by atoms with Crippen LogP contribution in [0.2, 0.25) is 0 Å². The van der Waals surface area contributed by atoms with E-state index in [1.807, 2.05) is 0 Å². The normalized spacial score (nSPS) is 12.7. The summed E-state index contributed by atoms with van der Waals surface area (Å²) in [7, 11) is 0. The molecule has 0 aromatic heterocycles. The van der Waals surface area contributed by atoms with Gasteiger partial charge >= 0.3 is 5.97 Å². The molecule has 0 aliphatic rings. The second-order valence-corrected chi connectivity index (χ2v) is 18.2. The summed E-state index contributed by atoms with van der Waals surface area (Å²) in [5, 5.41) is 23.2. The van der Waals surface area contributed by atoms with E-state index in [9.17, 15) is 19.8 Å². The van der Waals surface area contributed by atoms with E-state index in [-0.39, 0.29) is 18.5 Å². The van der Waals surface area contributed by atoms with Gasteiger partial charge in [-0.1, -0.05) is 238 Å². The lowest BCUT2D eigenvalue weighted by Gasteiger charge is -2.22. The van der Waals surface area contributed by atoms with E-state index in [0.29, 0.717) is 25.9 Å². The number of nitrogens with one attached hydrogen (secondary N) is 1. The lowest BCUT2D eigenvalue weighted by molar-refractivity contribution is -0.143. The zero-order valence-electron chi connectivity index (χ0n) is 39.7. The van der Waals surface area contributed by atoms with E-state index < -0.39 is 12.1 Å². The second-order valence-electron chi connectivity index (χ2n) is 18.2. The van der Waals surface area contributed by atoms with Crippen LogP contribution in [0.4, 0.5) is 0 Å². The summed E-state index contributed by atoms with van der Waals surface area (Å²) in [6.07, 6.45) is 56.0. The van der Waals surface area contributed by atoms with Crippen LogP contribution >= 0.6 is 0 Å². The number of unbranched alkanes of at least 4 members (excludes halogenated alkanes) is 36. The van der Waals surface area contributed by atoms with Crippen LogP contribution < -0.4 is 5.32 Å². The fourth-order valence-corrected chi connectivity index (χ4v) is 8.22. The monoisotopic (exact) mass is 834 g/mol. The molecule has 0 saturated carbocycles. The molecule has 0 aliphatic carbocycles. The number of aliphatic hydroxyl groups excluding tert-OH is 2. The number of allylic oxidation sites excluding steroid dienone is 2.